The molecule has 1 unspecified atom stereocenters. The van der Waals surface area contributed by atoms with Gasteiger partial charge in [-0.1, -0.05) is 59.9 Å². The predicted octanol–water partition coefficient (Wildman–Crippen LogP) is 1.00. The summed E-state index contributed by atoms with van der Waals surface area (Å²) in [5.41, 5.74) is 7.56. The molecular formula is C26H22N4O5S. The van der Waals surface area contributed by atoms with E-state index in [0.717, 1.165) is 11.3 Å². The van der Waals surface area contributed by atoms with Crippen LogP contribution in [-0.4, -0.2) is 35.5 Å². The summed E-state index contributed by atoms with van der Waals surface area (Å²) in [5, 5.41) is 0. The lowest BCUT2D eigenvalue weighted by Gasteiger charge is -2.24. The van der Waals surface area contributed by atoms with Gasteiger partial charge in [0, 0.05) is 5.56 Å². The normalized spacial score (nSPS) is 18.0. The number of hydrogen-bond donors (Lipinski definition) is 1. The molecule has 9 nitrogen and oxygen atoms in total. The van der Waals surface area contributed by atoms with Crippen molar-refractivity contribution in [3.8, 4) is 0 Å². The van der Waals surface area contributed by atoms with Crippen molar-refractivity contribution < 1.29 is 19.1 Å². The number of amides is 2. The van der Waals surface area contributed by atoms with E-state index in [1.165, 1.54) is 9.47 Å². The zero-order valence-corrected chi connectivity index (χ0v) is 20.4. The number of para-hydroxylation sites is 1. The van der Waals surface area contributed by atoms with Gasteiger partial charge in [0.2, 0.25) is 5.91 Å². The van der Waals surface area contributed by atoms with E-state index in [-0.39, 0.29) is 28.8 Å². The maximum Gasteiger partial charge on any atom is 0.338 e. The number of carbonyl (C=O) groups is 3. The summed E-state index contributed by atoms with van der Waals surface area (Å²) in [6.45, 7) is 3.28. The summed E-state index contributed by atoms with van der Waals surface area (Å²) in [4.78, 5) is 58.2. The third-order valence-electron chi connectivity index (χ3n) is 6.07. The van der Waals surface area contributed by atoms with Crippen LogP contribution in [0.3, 0.4) is 0 Å². The van der Waals surface area contributed by atoms with Crippen LogP contribution in [-0.2, 0) is 19.1 Å². The molecule has 0 bridgehead atoms. The Morgan fingerprint density at radius 3 is 2.47 bits per heavy atom. The van der Waals surface area contributed by atoms with Crippen LogP contribution in [0.25, 0.3) is 5.57 Å². The van der Waals surface area contributed by atoms with Crippen molar-refractivity contribution in [2.24, 2.45) is 10.7 Å². The minimum Gasteiger partial charge on any atom is -0.463 e. The number of nitrogens with zero attached hydrogens (tertiary/aromatic N) is 3. The van der Waals surface area contributed by atoms with E-state index in [2.05, 4.69) is 4.99 Å². The van der Waals surface area contributed by atoms with E-state index in [4.69, 9.17) is 10.5 Å². The van der Waals surface area contributed by atoms with Gasteiger partial charge in [-0.2, -0.15) is 0 Å². The first-order chi connectivity index (χ1) is 17.3. The third-order valence-corrected chi connectivity index (χ3v) is 7.13. The molecule has 3 aromatic rings. The van der Waals surface area contributed by atoms with Crippen LogP contribution in [0, 0.1) is 0 Å². The Kier molecular flexibility index (Phi) is 5.89. The Morgan fingerprint density at radius 1 is 1.08 bits per heavy atom. The van der Waals surface area contributed by atoms with Gasteiger partial charge in [0.25, 0.3) is 11.5 Å². The van der Waals surface area contributed by atoms with E-state index in [0.29, 0.717) is 27.3 Å². The highest BCUT2D eigenvalue weighted by molar-refractivity contribution is 7.07. The molecule has 0 spiro atoms. The topological polar surface area (TPSA) is 124 Å². The smallest absolute Gasteiger partial charge is 0.338 e. The van der Waals surface area contributed by atoms with E-state index in [9.17, 15) is 19.2 Å². The molecule has 0 saturated heterocycles. The highest BCUT2D eigenvalue weighted by Crippen LogP contribution is 2.35. The number of hydrogen-bond acceptors (Lipinski definition) is 7. The number of primary amides is 1. The van der Waals surface area contributed by atoms with E-state index in [1.54, 1.807) is 38.1 Å². The van der Waals surface area contributed by atoms with Crippen molar-refractivity contribution in [2.45, 2.75) is 19.9 Å². The zero-order chi connectivity index (χ0) is 25.6. The summed E-state index contributed by atoms with van der Waals surface area (Å²) in [6.07, 6.45) is 0. The van der Waals surface area contributed by atoms with Crippen molar-refractivity contribution in [1.29, 1.82) is 0 Å². The van der Waals surface area contributed by atoms with E-state index < -0.39 is 29.4 Å². The number of thiazole rings is 1. The van der Waals surface area contributed by atoms with Crippen LogP contribution in [0.1, 0.15) is 31.0 Å². The van der Waals surface area contributed by atoms with Gasteiger partial charge in [0.15, 0.2) is 4.80 Å². The first kappa shape index (κ1) is 23.4. The lowest BCUT2D eigenvalue weighted by atomic mass is 9.96. The Labute approximate surface area is 209 Å². The molecule has 3 heterocycles. The number of anilines is 1. The van der Waals surface area contributed by atoms with Gasteiger partial charge in [0.05, 0.1) is 35.2 Å². The van der Waals surface area contributed by atoms with Crippen LogP contribution in [0.4, 0.5) is 5.69 Å². The standard InChI is InChI=1S/C26H22N4O5S/c1-3-35-25(34)19-14(2)28-26-30(21(19)15-9-5-4-6-10-15)24(33)22(36-26)20-16-11-7-8-12-17(16)29(23(20)32)13-18(27)31/h4-12,21H,3,13H2,1-2H3,(H2,27,31)/b22-20-. The molecule has 1 aromatic heterocycles. The number of nitrogens with two attached hydrogens (primary N) is 1. The average molecular weight is 503 g/mol. The second-order valence-corrected chi connectivity index (χ2v) is 9.26. The van der Waals surface area contributed by atoms with Gasteiger partial charge >= 0.3 is 5.97 Å². The molecule has 2 N–H and O–H groups in total. The molecule has 10 heteroatoms. The van der Waals surface area contributed by atoms with E-state index in [1.807, 2.05) is 30.3 Å². The lowest BCUT2D eigenvalue weighted by Crippen LogP contribution is -2.41. The Balaban J connectivity index is 1.81. The molecule has 36 heavy (non-hydrogen) atoms. The largest absolute Gasteiger partial charge is 0.463 e. The maximum atomic E-state index is 14.0. The van der Waals surface area contributed by atoms with Crippen LogP contribution >= 0.6 is 11.3 Å². The van der Waals surface area contributed by atoms with Crippen LogP contribution < -0.4 is 25.5 Å². The van der Waals surface area contributed by atoms with Crippen LogP contribution in [0.5, 0.6) is 0 Å². The van der Waals surface area contributed by atoms with Crippen molar-refractivity contribution in [1.82, 2.24) is 4.57 Å². The van der Waals surface area contributed by atoms with Gasteiger partial charge in [-0.05, 0) is 25.5 Å². The average Bonchev–Trinajstić information content (AvgIpc) is 3.31. The Bertz CT molecular complexity index is 1630. The quantitative estimate of drug-likeness (QED) is 0.522. The number of carbonyl (C=O) groups excluding carboxylic acids is 3. The van der Waals surface area contributed by atoms with E-state index >= 15 is 0 Å². The third kappa shape index (κ3) is 3.66. The fraction of sp³-hybridized carbons (Fsp3) is 0.192. The van der Waals surface area contributed by atoms with Crippen molar-refractivity contribution in [2.75, 3.05) is 18.1 Å². The van der Waals surface area contributed by atoms with Gasteiger partial charge in [-0.3, -0.25) is 23.9 Å². The number of aromatic nitrogens is 1. The van der Waals surface area contributed by atoms with Gasteiger partial charge in [0.1, 0.15) is 11.1 Å². The van der Waals surface area contributed by atoms with Crippen LogP contribution in [0.2, 0.25) is 0 Å². The molecule has 0 fully saturated rings. The van der Waals surface area contributed by atoms with Crippen LogP contribution in [0.15, 0.2) is 75.7 Å². The molecule has 2 aliphatic rings. The number of esters is 1. The second kappa shape index (κ2) is 9.04. The molecule has 182 valence electrons. The van der Waals surface area contributed by atoms with Crippen molar-refractivity contribution >= 4 is 40.4 Å². The molecule has 0 saturated carbocycles. The number of ether oxygens (including phenoxy) is 1. The molecule has 0 radical (unpaired) electrons. The van der Waals surface area contributed by atoms with Gasteiger partial charge in [-0.25, -0.2) is 9.79 Å². The minimum absolute atomic E-state index is 0.173. The fourth-order valence-corrected chi connectivity index (χ4v) is 5.74. The summed E-state index contributed by atoms with van der Waals surface area (Å²) >= 11 is 1.07. The van der Waals surface area contributed by atoms with Gasteiger partial charge in [-0.15, -0.1) is 0 Å². The second-order valence-electron chi connectivity index (χ2n) is 8.28. The first-order valence-corrected chi connectivity index (χ1v) is 12.1. The summed E-state index contributed by atoms with van der Waals surface area (Å²) in [5.74, 6) is -1.71. The van der Waals surface area contributed by atoms with Gasteiger partial charge < -0.3 is 10.5 Å². The predicted molar refractivity (Wildman–Crippen MR) is 134 cm³/mol. The van der Waals surface area contributed by atoms with Crippen molar-refractivity contribution in [3.05, 3.63) is 96.7 Å². The maximum absolute atomic E-state index is 14.0. The molecule has 2 aliphatic heterocycles. The Morgan fingerprint density at radius 2 is 1.78 bits per heavy atom. The monoisotopic (exact) mass is 502 g/mol. The number of benzene rings is 2. The lowest BCUT2D eigenvalue weighted by molar-refractivity contribution is -0.139. The Hall–Kier alpha value is -4.31. The first-order valence-electron chi connectivity index (χ1n) is 11.3. The SMILES string of the molecule is CCOC(=O)C1=C(C)N=c2s/c(=C3\C(=O)N(CC(N)=O)c4ccccc43)c(=O)n2C1c1ccccc1. The number of fused-ring (bicyclic) bond motifs is 2. The molecule has 0 aliphatic carbocycles. The van der Waals surface area contributed by atoms with Crippen molar-refractivity contribution in [3.63, 3.8) is 0 Å². The minimum atomic E-state index is -0.774. The molecule has 5 rings (SSSR count). The highest BCUT2D eigenvalue weighted by atomic mass is 32.1. The molecule has 2 aromatic carbocycles. The summed E-state index contributed by atoms with van der Waals surface area (Å²) in [6, 6.07) is 15.3. The zero-order valence-electron chi connectivity index (χ0n) is 19.6. The number of allylic oxidation sites excluding steroid dienone is 1. The highest BCUT2D eigenvalue weighted by Gasteiger charge is 2.37. The summed E-state index contributed by atoms with van der Waals surface area (Å²) < 4.78 is 6.92. The fourth-order valence-electron chi connectivity index (χ4n) is 4.60. The summed E-state index contributed by atoms with van der Waals surface area (Å²) in [7, 11) is 0. The molecule has 1 atom stereocenters. The molecular weight excluding hydrogens is 480 g/mol. The molecule has 2 amide bonds. The number of rotatable bonds is 5.